The first kappa shape index (κ1) is 30.7. The van der Waals surface area contributed by atoms with Crippen molar-refractivity contribution in [2.45, 2.75) is 9.79 Å². The van der Waals surface area contributed by atoms with Gasteiger partial charge >= 0.3 is 0 Å². The standard InChI is InChI=1S/C44H26BrN3S3/c45-31-20-24-36-40(26-31)49-39-25-30(44-47-42-34(14-8-16-38(42)51-44)28-11-5-2-6-12-28)19-23-35(39)48(36)32-21-17-29(18-22-32)43-46-41-33(13-7-15-37(41)50-43)27-9-3-1-4-10-27/h1-26H. The van der Waals surface area contributed by atoms with Gasteiger partial charge in [0, 0.05) is 42.2 Å². The van der Waals surface area contributed by atoms with E-state index in [4.69, 9.17) is 9.97 Å². The molecule has 0 saturated carbocycles. The molecule has 0 fully saturated rings. The van der Waals surface area contributed by atoms with Gasteiger partial charge in [-0.15, -0.1) is 22.7 Å². The van der Waals surface area contributed by atoms with Crippen LogP contribution in [0.25, 0.3) is 63.8 Å². The zero-order valence-electron chi connectivity index (χ0n) is 27.0. The fraction of sp³-hybridized carbons (Fsp3) is 0. The van der Waals surface area contributed by atoms with E-state index in [1.165, 1.54) is 41.4 Å². The number of nitrogens with zero attached hydrogens (tertiary/aromatic N) is 3. The summed E-state index contributed by atoms with van der Waals surface area (Å²) in [5.41, 5.74) is 12.5. The van der Waals surface area contributed by atoms with Crippen molar-refractivity contribution >= 4 is 87.9 Å². The lowest BCUT2D eigenvalue weighted by Gasteiger charge is -2.33. The van der Waals surface area contributed by atoms with Crippen molar-refractivity contribution in [2.75, 3.05) is 4.90 Å². The van der Waals surface area contributed by atoms with Gasteiger partial charge in [0.05, 0.1) is 31.8 Å². The Morgan fingerprint density at radius 2 is 0.980 bits per heavy atom. The topological polar surface area (TPSA) is 29.0 Å². The van der Waals surface area contributed by atoms with Crippen LogP contribution in [0.1, 0.15) is 0 Å². The lowest BCUT2D eigenvalue weighted by molar-refractivity contribution is 1.16. The van der Waals surface area contributed by atoms with E-state index in [-0.39, 0.29) is 0 Å². The van der Waals surface area contributed by atoms with E-state index in [0.717, 1.165) is 53.7 Å². The summed E-state index contributed by atoms with van der Waals surface area (Å²) in [6.45, 7) is 0. The molecule has 0 atom stereocenters. The number of hydrogen-bond acceptors (Lipinski definition) is 6. The Hall–Kier alpha value is -5.05. The summed E-state index contributed by atoms with van der Waals surface area (Å²) >= 11 is 9.03. The average molecular weight is 773 g/mol. The second kappa shape index (κ2) is 12.6. The lowest BCUT2D eigenvalue weighted by atomic mass is 10.0. The minimum absolute atomic E-state index is 1.02. The van der Waals surface area contributed by atoms with E-state index in [1.807, 2.05) is 11.8 Å². The van der Waals surface area contributed by atoms with E-state index >= 15 is 0 Å². The van der Waals surface area contributed by atoms with Gasteiger partial charge in [0.1, 0.15) is 10.0 Å². The van der Waals surface area contributed by atoms with Crippen LogP contribution in [-0.2, 0) is 0 Å². The van der Waals surface area contributed by atoms with Gasteiger partial charge in [-0.1, -0.05) is 113 Å². The predicted octanol–water partition coefficient (Wildman–Crippen LogP) is 14.3. The number of anilines is 3. The zero-order chi connectivity index (χ0) is 33.9. The quantitative estimate of drug-likeness (QED) is 0.174. The Morgan fingerprint density at radius 1 is 0.451 bits per heavy atom. The molecule has 242 valence electrons. The molecule has 0 N–H and O–H groups in total. The fourth-order valence-corrected chi connectivity index (χ4v) is 10.4. The van der Waals surface area contributed by atoms with Crippen molar-refractivity contribution in [1.29, 1.82) is 0 Å². The van der Waals surface area contributed by atoms with Crippen LogP contribution < -0.4 is 4.90 Å². The van der Waals surface area contributed by atoms with E-state index in [1.54, 1.807) is 22.7 Å². The Morgan fingerprint density at radius 3 is 1.59 bits per heavy atom. The summed E-state index contributed by atoms with van der Waals surface area (Å²) in [6.07, 6.45) is 0. The molecule has 0 bridgehead atoms. The van der Waals surface area contributed by atoms with Crippen molar-refractivity contribution < 1.29 is 0 Å². The molecule has 0 saturated heterocycles. The summed E-state index contributed by atoms with van der Waals surface area (Å²) in [5, 5.41) is 2.05. The molecule has 1 aliphatic rings. The molecule has 1 aliphatic heterocycles. The molecule has 0 spiro atoms. The van der Waals surface area contributed by atoms with Gasteiger partial charge in [-0.05, 0) is 83.9 Å². The minimum atomic E-state index is 1.02. The molecule has 2 aromatic heterocycles. The number of halogens is 1. The highest BCUT2D eigenvalue weighted by Gasteiger charge is 2.26. The molecule has 0 aliphatic carbocycles. The Kier molecular flexibility index (Phi) is 7.61. The number of rotatable bonds is 5. The first-order valence-electron chi connectivity index (χ1n) is 16.6. The van der Waals surface area contributed by atoms with Crippen LogP contribution in [0, 0.1) is 0 Å². The number of hydrogen-bond donors (Lipinski definition) is 0. The third kappa shape index (κ3) is 5.49. The largest absolute Gasteiger partial charge is 0.308 e. The number of benzene rings is 7. The second-order valence-electron chi connectivity index (χ2n) is 12.4. The van der Waals surface area contributed by atoms with E-state index in [9.17, 15) is 0 Å². The molecule has 0 radical (unpaired) electrons. The van der Waals surface area contributed by atoms with Gasteiger partial charge in [0.15, 0.2) is 0 Å². The van der Waals surface area contributed by atoms with Crippen LogP contribution >= 0.6 is 50.4 Å². The van der Waals surface area contributed by atoms with Crippen LogP contribution in [-0.4, -0.2) is 9.97 Å². The molecular weight excluding hydrogens is 747 g/mol. The summed E-state index contributed by atoms with van der Waals surface area (Å²) in [7, 11) is 0. The summed E-state index contributed by atoms with van der Waals surface area (Å²) in [4.78, 5) is 15.1. The van der Waals surface area contributed by atoms with Gasteiger partial charge in [-0.3, -0.25) is 0 Å². The molecule has 0 amide bonds. The Labute approximate surface area is 316 Å². The maximum absolute atomic E-state index is 5.20. The monoisotopic (exact) mass is 771 g/mol. The summed E-state index contributed by atoms with van der Waals surface area (Å²) in [6, 6.07) is 56.1. The average Bonchev–Trinajstić information content (AvgIpc) is 3.83. The van der Waals surface area contributed by atoms with Gasteiger partial charge < -0.3 is 4.90 Å². The van der Waals surface area contributed by atoms with Crippen LogP contribution in [0.3, 0.4) is 0 Å². The predicted molar refractivity (Wildman–Crippen MR) is 221 cm³/mol. The highest BCUT2D eigenvalue weighted by molar-refractivity contribution is 9.10. The molecule has 10 rings (SSSR count). The normalized spacial score (nSPS) is 12.3. The van der Waals surface area contributed by atoms with E-state index in [2.05, 4.69) is 179 Å². The molecular formula is C44H26BrN3S3. The molecule has 0 unspecified atom stereocenters. The fourth-order valence-electron chi connectivity index (χ4n) is 6.79. The highest BCUT2D eigenvalue weighted by Crippen LogP contribution is 2.53. The first-order chi connectivity index (χ1) is 25.2. The number of aromatic nitrogens is 2. The van der Waals surface area contributed by atoms with Gasteiger partial charge in [-0.2, -0.15) is 0 Å². The van der Waals surface area contributed by atoms with Crippen LogP contribution in [0.5, 0.6) is 0 Å². The molecule has 7 aromatic carbocycles. The molecule has 3 heterocycles. The third-order valence-electron chi connectivity index (χ3n) is 9.21. The lowest BCUT2D eigenvalue weighted by Crippen LogP contribution is -2.14. The van der Waals surface area contributed by atoms with E-state index in [0.29, 0.717) is 0 Å². The van der Waals surface area contributed by atoms with Gasteiger partial charge in [0.2, 0.25) is 0 Å². The maximum Gasteiger partial charge on any atom is 0.124 e. The Balaban J connectivity index is 1.03. The summed E-state index contributed by atoms with van der Waals surface area (Å²) in [5.74, 6) is 0. The molecule has 3 nitrogen and oxygen atoms in total. The van der Waals surface area contributed by atoms with Gasteiger partial charge in [-0.25, -0.2) is 9.97 Å². The highest BCUT2D eigenvalue weighted by atomic mass is 79.9. The van der Waals surface area contributed by atoms with Crippen LogP contribution in [0.15, 0.2) is 172 Å². The van der Waals surface area contributed by atoms with Crippen molar-refractivity contribution in [3.05, 3.63) is 162 Å². The Bertz CT molecular complexity index is 2740. The minimum Gasteiger partial charge on any atom is -0.308 e. The third-order valence-corrected chi connectivity index (χ3v) is 12.9. The molecule has 9 aromatic rings. The first-order valence-corrected chi connectivity index (χ1v) is 19.8. The van der Waals surface area contributed by atoms with Crippen molar-refractivity contribution in [1.82, 2.24) is 9.97 Å². The smallest absolute Gasteiger partial charge is 0.124 e. The van der Waals surface area contributed by atoms with Crippen molar-refractivity contribution in [3.63, 3.8) is 0 Å². The number of para-hydroxylation sites is 2. The van der Waals surface area contributed by atoms with E-state index < -0.39 is 0 Å². The van der Waals surface area contributed by atoms with Crippen LogP contribution in [0.2, 0.25) is 0 Å². The van der Waals surface area contributed by atoms with Crippen molar-refractivity contribution in [3.8, 4) is 43.4 Å². The zero-order valence-corrected chi connectivity index (χ0v) is 31.0. The molecule has 51 heavy (non-hydrogen) atoms. The molecule has 7 heteroatoms. The SMILES string of the molecule is Brc1ccc2c(c1)Sc1cc(-c3nc4c(-c5ccccc5)cccc4s3)ccc1N2c1ccc(-c2nc3c(-c4ccccc4)cccc3s2)cc1. The second-order valence-corrected chi connectivity index (χ2v) is 16.4. The maximum atomic E-state index is 5.20. The van der Waals surface area contributed by atoms with Gasteiger partial charge in [0.25, 0.3) is 0 Å². The number of fused-ring (bicyclic) bond motifs is 4. The number of thiazole rings is 2. The summed E-state index contributed by atoms with van der Waals surface area (Å²) < 4.78 is 3.45. The van der Waals surface area contributed by atoms with Crippen LogP contribution in [0.4, 0.5) is 17.1 Å². The van der Waals surface area contributed by atoms with Crippen molar-refractivity contribution in [2.24, 2.45) is 0 Å².